The maximum absolute atomic E-state index is 12.4. The number of aliphatic hydroxyl groups is 1. The highest BCUT2D eigenvalue weighted by atomic mass is 32.2. The zero-order valence-corrected chi connectivity index (χ0v) is 15.3. The number of halogens is 3. The minimum Gasteiger partial charge on any atom is -0.454 e. The molecule has 2 N–H and O–H groups in total. The third-order valence-corrected chi connectivity index (χ3v) is 5.39. The van der Waals surface area contributed by atoms with Crippen LogP contribution in [0.2, 0.25) is 0 Å². The molecule has 1 heterocycles. The molecule has 2 aromatic carbocycles. The molecule has 2 aromatic rings. The smallest absolute Gasteiger partial charge is 0.454 e. The second-order valence-electron chi connectivity index (χ2n) is 6.19. The van der Waals surface area contributed by atoms with Gasteiger partial charge in [-0.05, 0) is 48.9 Å². The lowest BCUT2D eigenvalue weighted by Crippen LogP contribution is -2.38. The van der Waals surface area contributed by atoms with Crippen LogP contribution in [0.15, 0.2) is 47.4 Å². The van der Waals surface area contributed by atoms with Gasteiger partial charge in [0.25, 0.3) is 0 Å². The van der Waals surface area contributed by atoms with Crippen molar-refractivity contribution in [3.05, 3.63) is 48.0 Å². The first kappa shape index (κ1) is 20.2. The number of benzene rings is 2. The van der Waals surface area contributed by atoms with E-state index in [1.54, 1.807) is 18.2 Å². The van der Waals surface area contributed by atoms with Crippen LogP contribution >= 0.6 is 0 Å². The molecule has 7 nitrogen and oxygen atoms in total. The molecule has 0 unspecified atom stereocenters. The number of alkyl halides is 3. The summed E-state index contributed by atoms with van der Waals surface area (Å²) in [6.07, 6.45) is -4.87. The Morgan fingerprint density at radius 2 is 1.75 bits per heavy atom. The number of sulfonamides is 1. The van der Waals surface area contributed by atoms with Crippen LogP contribution in [0, 0.1) is 0 Å². The number of hydrogen-bond acceptors (Lipinski definition) is 6. The van der Waals surface area contributed by atoms with Gasteiger partial charge in [-0.25, -0.2) is 13.1 Å². The Kier molecular flexibility index (Phi) is 5.17. The Morgan fingerprint density at radius 1 is 1.11 bits per heavy atom. The molecule has 0 radical (unpaired) electrons. The monoisotopic (exact) mass is 419 g/mol. The van der Waals surface area contributed by atoms with E-state index in [1.807, 2.05) is 0 Å². The molecule has 1 atom stereocenters. The minimum absolute atomic E-state index is 0.0571. The fraction of sp³-hybridized carbons (Fsp3) is 0.294. The van der Waals surface area contributed by atoms with Gasteiger partial charge in [0.1, 0.15) is 11.4 Å². The van der Waals surface area contributed by atoms with Crippen molar-refractivity contribution in [2.45, 2.75) is 23.8 Å². The summed E-state index contributed by atoms with van der Waals surface area (Å²) < 4.78 is 77.6. The summed E-state index contributed by atoms with van der Waals surface area (Å²) >= 11 is 0. The predicted octanol–water partition coefficient (Wildman–Crippen LogP) is 2.50. The summed E-state index contributed by atoms with van der Waals surface area (Å²) in [6.45, 7) is 1.09. The third kappa shape index (κ3) is 4.66. The molecule has 1 aliphatic heterocycles. The molecule has 0 aromatic heterocycles. The SMILES string of the molecule is C[C@](O)(CNS(=O)(=O)c1ccc(OC(F)(F)F)cc1)c1ccc2c(c1)OCO2. The molecule has 0 spiro atoms. The van der Waals surface area contributed by atoms with Gasteiger partial charge in [-0.15, -0.1) is 13.2 Å². The standard InChI is InChI=1S/C17H16F3NO6S/c1-16(22,11-2-7-14-15(8-11)26-10-25-14)9-21-28(23,24)13-5-3-12(4-6-13)27-17(18,19)20/h2-8,21-22H,9-10H2,1H3/t16-/m0/s1. The van der Waals surface area contributed by atoms with Crippen molar-refractivity contribution in [1.82, 2.24) is 4.72 Å². The fourth-order valence-corrected chi connectivity index (χ4v) is 3.61. The van der Waals surface area contributed by atoms with Gasteiger partial charge >= 0.3 is 6.36 Å². The molecule has 3 rings (SSSR count). The van der Waals surface area contributed by atoms with Crippen LogP contribution in [0.3, 0.4) is 0 Å². The van der Waals surface area contributed by atoms with E-state index in [4.69, 9.17) is 9.47 Å². The lowest BCUT2D eigenvalue weighted by Gasteiger charge is -2.24. The first-order chi connectivity index (χ1) is 13.0. The minimum atomic E-state index is -4.87. The van der Waals surface area contributed by atoms with Gasteiger partial charge in [0, 0.05) is 6.54 Å². The van der Waals surface area contributed by atoms with Crippen LogP contribution in [-0.2, 0) is 15.6 Å². The number of ether oxygens (including phenoxy) is 3. The normalized spacial score (nSPS) is 15.9. The topological polar surface area (TPSA) is 94.1 Å². The van der Waals surface area contributed by atoms with Gasteiger partial charge in [0.05, 0.1) is 4.90 Å². The number of fused-ring (bicyclic) bond motifs is 1. The Labute approximate surface area is 158 Å². The van der Waals surface area contributed by atoms with Gasteiger partial charge in [-0.3, -0.25) is 0 Å². The second-order valence-corrected chi connectivity index (χ2v) is 7.95. The Balaban J connectivity index is 1.70. The van der Waals surface area contributed by atoms with E-state index >= 15 is 0 Å². The molecule has 0 saturated carbocycles. The molecule has 0 fully saturated rings. The molecule has 28 heavy (non-hydrogen) atoms. The van der Waals surface area contributed by atoms with E-state index in [2.05, 4.69) is 9.46 Å². The van der Waals surface area contributed by atoms with Crippen LogP contribution in [0.1, 0.15) is 12.5 Å². The summed E-state index contributed by atoms with van der Waals surface area (Å²) in [6, 6.07) is 8.43. The zero-order valence-electron chi connectivity index (χ0n) is 14.5. The molecule has 0 bridgehead atoms. The lowest BCUT2D eigenvalue weighted by atomic mass is 9.96. The first-order valence-corrected chi connectivity index (χ1v) is 9.43. The number of rotatable bonds is 6. The van der Waals surface area contributed by atoms with Crippen molar-refractivity contribution < 1.29 is 40.9 Å². The Hall–Kier alpha value is -2.50. The highest BCUT2D eigenvalue weighted by Crippen LogP contribution is 2.35. The van der Waals surface area contributed by atoms with Crippen LogP contribution in [0.25, 0.3) is 0 Å². The average molecular weight is 419 g/mol. The summed E-state index contributed by atoms with van der Waals surface area (Å²) in [4.78, 5) is -0.275. The van der Waals surface area contributed by atoms with E-state index in [1.165, 1.54) is 6.92 Å². The molecule has 152 valence electrons. The molecule has 0 aliphatic carbocycles. The van der Waals surface area contributed by atoms with Gasteiger partial charge in [-0.1, -0.05) is 6.07 Å². The van der Waals surface area contributed by atoms with E-state index in [-0.39, 0.29) is 18.2 Å². The molecule has 1 aliphatic rings. The largest absolute Gasteiger partial charge is 0.573 e. The molecular weight excluding hydrogens is 403 g/mol. The van der Waals surface area contributed by atoms with Gasteiger partial charge in [-0.2, -0.15) is 0 Å². The van der Waals surface area contributed by atoms with Crippen molar-refractivity contribution in [1.29, 1.82) is 0 Å². The summed E-state index contributed by atoms with van der Waals surface area (Å²) in [5.41, 5.74) is -1.18. The van der Waals surface area contributed by atoms with Crippen molar-refractivity contribution in [3.63, 3.8) is 0 Å². The molecule has 0 saturated heterocycles. The quantitative estimate of drug-likeness (QED) is 0.747. The van der Waals surface area contributed by atoms with E-state index in [0.29, 0.717) is 17.1 Å². The van der Waals surface area contributed by atoms with Crippen LogP contribution in [0.5, 0.6) is 17.2 Å². The number of nitrogens with one attached hydrogen (secondary N) is 1. The Bertz CT molecular complexity index is 958. The fourth-order valence-electron chi connectivity index (χ4n) is 2.47. The zero-order chi connectivity index (χ0) is 20.6. The molecule has 11 heteroatoms. The summed E-state index contributed by atoms with van der Waals surface area (Å²) in [5.74, 6) is 0.404. The molecule has 0 amide bonds. The highest BCUT2D eigenvalue weighted by Gasteiger charge is 2.31. The van der Waals surface area contributed by atoms with Gasteiger partial charge in [0.2, 0.25) is 16.8 Å². The predicted molar refractivity (Wildman–Crippen MR) is 90.4 cm³/mol. The van der Waals surface area contributed by atoms with Crippen LogP contribution in [0.4, 0.5) is 13.2 Å². The highest BCUT2D eigenvalue weighted by molar-refractivity contribution is 7.89. The second kappa shape index (κ2) is 7.15. The van der Waals surface area contributed by atoms with Crippen molar-refractivity contribution >= 4 is 10.0 Å². The van der Waals surface area contributed by atoms with Crippen molar-refractivity contribution in [2.24, 2.45) is 0 Å². The van der Waals surface area contributed by atoms with Crippen LogP contribution < -0.4 is 18.9 Å². The van der Waals surface area contributed by atoms with E-state index in [0.717, 1.165) is 24.3 Å². The average Bonchev–Trinajstić information content (AvgIpc) is 3.07. The lowest BCUT2D eigenvalue weighted by molar-refractivity contribution is -0.274. The van der Waals surface area contributed by atoms with Crippen molar-refractivity contribution in [2.75, 3.05) is 13.3 Å². The van der Waals surface area contributed by atoms with Gasteiger partial charge in [0.15, 0.2) is 11.5 Å². The number of hydrogen-bond donors (Lipinski definition) is 2. The van der Waals surface area contributed by atoms with Gasteiger partial charge < -0.3 is 19.3 Å². The summed E-state index contributed by atoms with van der Waals surface area (Å²) in [5, 5.41) is 10.6. The maximum atomic E-state index is 12.4. The Morgan fingerprint density at radius 3 is 2.39 bits per heavy atom. The van der Waals surface area contributed by atoms with Crippen LogP contribution in [-0.4, -0.2) is 33.2 Å². The summed E-state index contributed by atoms with van der Waals surface area (Å²) in [7, 11) is -4.08. The molecular formula is C17H16F3NO6S. The third-order valence-electron chi connectivity index (χ3n) is 3.97. The van der Waals surface area contributed by atoms with E-state index < -0.39 is 27.7 Å². The van der Waals surface area contributed by atoms with E-state index in [9.17, 15) is 26.7 Å². The van der Waals surface area contributed by atoms with Crippen molar-refractivity contribution in [3.8, 4) is 17.2 Å². The maximum Gasteiger partial charge on any atom is 0.573 e. The first-order valence-electron chi connectivity index (χ1n) is 7.94.